The van der Waals surface area contributed by atoms with Gasteiger partial charge in [-0.1, -0.05) is 0 Å². The van der Waals surface area contributed by atoms with Gasteiger partial charge < -0.3 is 19.4 Å². The second kappa shape index (κ2) is 8.45. The molecule has 5 heteroatoms. The van der Waals surface area contributed by atoms with Gasteiger partial charge >= 0.3 is 5.97 Å². The molecule has 1 rings (SSSR count). The van der Waals surface area contributed by atoms with Crippen LogP contribution in [0.4, 0.5) is 0 Å². The molecule has 1 heterocycles. The molecular formula is C13H27N3O2. The van der Waals surface area contributed by atoms with Gasteiger partial charge in [0.2, 0.25) is 0 Å². The third-order valence-electron chi connectivity index (χ3n) is 3.24. The Morgan fingerprint density at radius 1 is 1.22 bits per heavy atom. The Morgan fingerprint density at radius 2 is 1.89 bits per heavy atom. The molecule has 5 nitrogen and oxygen atoms in total. The third-order valence-corrected chi connectivity index (χ3v) is 3.24. The Bertz CT molecular complexity index is 238. The summed E-state index contributed by atoms with van der Waals surface area (Å²) < 4.78 is 5.20. The largest absolute Gasteiger partial charge is 0.466 e. The smallest absolute Gasteiger partial charge is 0.307 e. The molecule has 0 aromatic carbocycles. The van der Waals surface area contributed by atoms with E-state index in [1.54, 1.807) is 0 Å². The summed E-state index contributed by atoms with van der Waals surface area (Å²) >= 11 is 0. The van der Waals surface area contributed by atoms with Gasteiger partial charge in [-0.15, -0.1) is 0 Å². The van der Waals surface area contributed by atoms with E-state index in [2.05, 4.69) is 21.7 Å². The SMILES string of the molecule is CN(C)CCCOC(=O)CCN1CCN(C)CC1. The second-order valence-corrected chi connectivity index (χ2v) is 5.27. The number of esters is 1. The second-order valence-electron chi connectivity index (χ2n) is 5.27. The van der Waals surface area contributed by atoms with E-state index >= 15 is 0 Å². The number of ether oxygens (including phenoxy) is 1. The molecule has 0 radical (unpaired) electrons. The Kier molecular flexibility index (Phi) is 7.23. The van der Waals surface area contributed by atoms with Crippen molar-refractivity contribution in [3.8, 4) is 0 Å². The molecular weight excluding hydrogens is 230 g/mol. The summed E-state index contributed by atoms with van der Waals surface area (Å²) in [6.45, 7) is 6.65. The summed E-state index contributed by atoms with van der Waals surface area (Å²) in [7, 11) is 6.18. The number of carbonyl (C=O) groups is 1. The number of carbonyl (C=O) groups excluding carboxylic acids is 1. The maximum absolute atomic E-state index is 11.5. The standard InChI is InChI=1S/C13H27N3O2/c1-14(2)6-4-12-18-13(17)5-7-16-10-8-15(3)9-11-16/h4-12H2,1-3H3. The van der Waals surface area contributed by atoms with E-state index in [1.807, 2.05) is 14.1 Å². The Balaban J connectivity index is 1.99. The number of hydrogen-bond acceptors (Lipinski definition) is 5. The van der Waals surface area contributed by atoms with Crippen LogP contribution in [0.1, 0.15) is 12.8 Å². The Morgan fingerprint density at radius 3 is 2.50 bits per heavy atom. The van der Waals surface area contributed by atoms with Crippen LogP contribution >= 0.6 is 0 Å². The molecule has 18 heavy (non-hydrogen) atoms. The van der Waals surface area contributed by atoms with Gasteiger partial charge in [-0.05, 0) is 27.6 Å². The van der Waals surface area contributed by atoms with Crippen LogP contribution in [0.25, 0.3) is 0 Å². The zero-order chi connectivity index (χ0) is 13.4. The molecule has 0 spiro atoms. The average molecular weight is 257 g/mol. The van der Waals surface area contributed by atoms with Crippen LogP contribution in [-0.2, 0) is 9.53 Å². The molecule has 0 N–H and O–H groups in total. The van der Waals surface area contributed by atoms with E-state index in [0.717, 1.165) is 45.7 Å². The van der Waals surface area contributed by atoms with Gasteiger partial charge in [-0.25, -0.2) is 0 Å². The predicted octanol–water partition coefficient (Wildman–Crippen LogP) is 0.119. The lowest BCUT2D eigenvalue weighted by molar-refractivity contribution is -0.144. The van der Waals surface area contributed by atoms with E-state index in [4.69, 9.17) is 4.74 Å². The van der Waals surface area contributed by atoms with Crippen LogP contribution < -0.4 is 0 Å². The number of likely N-dealkylation sites (N-methyl/N-ethyl adjacent to an activating group) is 1. The van der Waals surface area contributed by atoms with E-state index in [-0.39, 0.29) is 5.97 Å². The monoisotopic (exact) mass is 257 g/mol. The molecule has 0 atom stereocenters. The van der Waals surface area contributed by atoms with Crippen LogP contribution in [-0.4, -0.2) is 87.7 Å². The van der Waals surface area contributed by atoms with Crippen molar-refractivity contribution in [3.05, 3.63) is 0 Å². The van der Waals surface area contributed by atoms with Crippen molar-refractivity contribution in [2.45, 2.75) is 12.8 Å². The zero-order valence-electron chi connectivity index (χ0n) is 12.0. The number of rotatable bonds is 7. The lowest BCUT2D eigenvalue weighted by atomic mass is 10.3. The molecule has 0 aromatic rings. The highest BCUT2D eigenvalue weighted by atomic mass is 16.5. The summed E-state index contributed by atoms with van der Waals surface area (Å²) in [6, 6.07) is 0. The van der Waals surface area contributed by atoms with Crippen LogP contribution in [0.2, 0.25) is 0 Å². The number of hydrogen-bond donors (Lipinski definition) is 0. The average Bonchev–Trinajstić information content (AvgIpc) is 2.34. The maximum Gasteiger partial charge on any atom is 0.307 e. The minimum atomic E-state index is -0.0623. The summed E-state index contributed by atoms with van der Waals surface area (Å²) in [5.74, 6) is -0.0623. The first-order valence-electron chi connectivity index (χ1n) is 6.79. The maximum atomic E-state index is 11.5. The minimum absolute atomic E-state index is 0.0623. The normalized spacial score (nSPS) is 18.2. The van der Waals surface area contributed by atoms with Crippen molar-refractivity contribution in [1.82, 2.24) is 14.7 Å². The summed E-state index contributed by atoms with van der Waals surface area (Å²) in [5, 5.41) is 0. The molecule has 1 fully saturated rings. The molecule has 1 saturated heterocycles. The Labute approximate surface area is 111 Å². The van der Waals surface area contributed by atoms with Crippen LogP contribution in [0, 0.1) is 0 Å². The van der Waals surface area contributed by atoms with Crippen molar-refractivity contribution in [1.29, 1.82) is 0 Å². The molecule has 0 aromatic heterocycles. The zero-order valence-corrected chi connectivity index (χ0v) is 12.0. The highest BCUT2D eigenvalue weighted by molar-refractivity contribution is 5.69. The van der Waals surface area contributed by atoms with Gasteiger partial charge in [0.05, 0.1) is 13.0 Å². The summed E-state index contributed by atoms with van der Waals surface area (Å²) in [6.07, 6.45) is 1.43. The first-order chi connectivity index (χ1) is 8.58. The molecule has 0 bridgehead atoms. The van der Waals surface area contributed by atoms with Gasteiger partial charge in [0, 0.05) is 39.3 Å². The Hall–Kier alpha value is -0.650. The van der Waals surface area contributed by atoms with Gasteiger partial charge in [0.25, 0.3) is 0 Å². The first kappa shape index (κ1) is 15.4. The molecule has 1 aliphatic heterocycles. The van der Waals surface area contributed by atoms with Crippen molar-refractivity contribution in [3.63, 3.8) is 0 Å². The molecule has 0 aliphatic carbocycles. The molecule has 0 saturated carbocycles. The van der Waals surface area contributed by atoms with E-state index in [1.165, 1.54) is 0 Å². The number of nitrogens with zero attached hydrogens (tertiary/aromatic N) is 3. The molecule has 106 valence electrons. The van der Waals surface area contributed by atoms with Crippen molar-refractivity contribution in [2.75, 3.05) is 67.0 Å². The highest BCUT2D eigenvalue weighted by Gasteiger charge is 2.14. The van der Waals surface area contributed by atoms with Gasteiger partial charge in [0.1, 0.15) is 0 Å². The fourth-order valence-electron chi connectivity index (χ4n) is 1.96. The van der Waals surface area contributed by atoms with Crippen molar-refractivity contribution >= 4 is 5.97 Å². The summed E-state index contributed by atoms with van der Waals surface area (Å²) in [4.78, 5) is 18.3. The lowest BCUT2D eigenvalue weighted by Gasteiger charge is -2.31. The first-order valence-corrected chi connectivity index (χ1v) is 6.79. The van der Waals surface area contributed by atoms with Crippen molar-refractivity contribution < 1.29 is 9.53 Å². The topological polar surface area (TPSA) is 36.0 Å². The minimum Gasteiger partial charge on any atom is -0.466 e. The quantitative estimate of drug-likeness (QED) is 0.478. The van der Waals surface area contributed by atoms with E-state index < -0.39 is 0 Å². The van der Waals surface area contributed by atoms with Crippen molar-refractivity contribution in [2.24, 2.45) is 0 Å². The van der Waals surface area contributed by atoms with Gasteiger partial charge in [-0.3, -0.25) is 4.79 Å². The lowest BCUT2D eigenvalue weighted by Crippen LogP contribution is -2.45. The predicted molar refractivity (Wildman–Crippen MR) is 72.7 cm³/mol. The molecule has 0 amide bonds. The molecule has 1 aliphatic rings. The number of piperazine rings is 1. The van der Waals surface area contributed by atoms with Gasteiger partial charge in [-0.2, -0.15) is 0 Å². The van der Waals surface area contributed by atoms with Crippen LogP contribution in [0.3, 0.4) is 0 Å². The fraction of sp³-hybridized carbons (Fsp3) is 0.923. The fourth-order valence-corrected chi connectivity index (χ4v) is 1.96. The van der Waals surface area contributed by atoms with E-state index in [0.29, 0.717) is 13.0 Å². The van der Waals surface area contributed by atoms with Gasteiger partial charge in [0.15, 0.2) is 0 Å². The summed E-state index contributed by atoms with van der Waals surface area (Å²) in [5.41, 5.74) is 0. The van der Waals surface area contributed by atoms with Crippen LogP contribution in [0.5, 0.6) is 0 Å². The van der Waals surface area contributed by atoms with E-state index in [9.17, 15) is 4.79 Å². The van der Waals surface area contributed by atoms with Crippen LogP contribution in [0.15, 0.2) is 0 Å². The highest BCUT2D eigenvalue weighted by Crippen LogP contribution is 2.01. The third kappa shape index (κ3) is 6.93. The molecule has 0 unspecified atom stereocenters.